The normalized spacial score (nSPS) is 42.9. The van der Waals surface area contributed by atoms with Crippen molar-refractivity contribution < 1.29 is 19.4 Å². The van der Waals surface area contributed by atoms with Crippen molar-refractivity contribution in [1.82, 2.24) is 0 Å². The number of rotatable bonds is 4. The zero-order valence-corrected chi connectivity index (χ0v) is 27.7. The molecule has 1 aromatic rings. The number of carbonyl (C=O) groups excluding carboxylic acids is 1. The van der Waals surface area contributed by atoms with Crippen molar-refractivity contribution in [1.29, 1.82) is 0 Å². The average molecular weight is 587 g/mol. The van der Waals surface area contributed by atoms with Gasteiger partial charge in [-0.25, -0.2) is 4.79 Å². The molecule has 0 heterocycles. The van der Waals surface area contributed by atoms with Gasteiger partial charge in [-0.1, -0.05) is 90.4 Å². The predicted octanol–water partition coefficient (Wildman–Crippen LogP) is 9.50. The lowest BCUT2D eigenvalue weighted by molar-refractivity contribution is -0.233. The summed E-state index contributed by atoms with van der Waals surface area (Å²) in [5, 5.41) is 10.6. The summed E-state index contributed by atoms with van der Waals surface area (Å²) in [6, 6.07) is 9.92. The summed E-state index contributed by atoms with van der Waals surface area (Å²) < 4.78 is 6.21. The Balaban J connectivity index is 1.26. The van der Waals surface area contributed by atoms with E-state index in [1.807, 2.05) is 36.4 Å². The highest BCUT2D eigenvalue weighted by Crippen LogP contribution is 2.76. The number of fused-ring (bicyclic) bond motifs is 7. The van der Waals surface area contributed by atoms with E-state index in [0.717, 1.165) is 63.4 Å². The second-order valence-electron chi connectivity index (χ2n) is 17.1. The molecule has 4 nitrogen and oxygen atoms in total. The fraction of sp³-hybridized carbons (Fsp3) is 0.692. The lowest BCUT2D eigenvalue weighted by atomic mass is 9.32. The third-order valence-corrected chi connectivity index (χ3v) is 14.4. The topological polar surface area (TPSA) is 63.6 Å². The average Bonchev–Trinajstić information content (AvgIpc) is 2.94. The van der Waals surface area contributed by atoms with Crippen LogP contribution in [0.1, 0.15) is 118 Å². The van der Waals surface area contributed by atoms with Crippen molar-refractivity contribution in [2.75, 3.05) is 0 Å². The molecule has 8 atom stereocenters. The Hall–Kier alpha value is -2.36. The molecule has 43 heavy (non-hydrogen) atoms. The van der Waals surface area contributed by atoms with Crippen LogP contribution in [-0.4, -0.2) is 23.1 Å². The van der Waals surface area contributed by atoms with Crippen LogP contribution in [0.25, 0.3) is 6.08 Å². The molecule has 4 heteroatoms. The molecule has 1 aromatic carbocycles. The molecular formula is C39H54O4. The third-order valence-electron chi connectivity index (χ3n) is 14.4. The van der Waals surface area contributed by atoms with Gasteiger partial charge in [-0.3, -0.25) is 4.79 Å². The molecule has 0 aliphatic heterocycles. The van der Waals surface area contributed by atoms with Crippen LogP contribution in [-0.2, 0) is 14.3 Å². The van der Waals surface area contributed by atoms with Crippen LogP contribution in [0.4, 0.5) is 0 Å². The van der Waals surface area contributed by atoms with Crippen molar-refractivity contribution in [2.24, 2.45) is 50.2 Å². The minimum absolute atomic E-state index is 0.0596. The van der Waals surface area contributed by atoms with E-state index in [1.54, 1.807) is 6.08 Å². The smallest absolute Gasteiger partial charge is 0.331 e. The van der Waals surface area contributed by atoms with Gasteiger partial charge < -0.3 is 9.84 Å². The van der Waals surface area contributed by atoms with E-state index in [9.17, 15) is 14.7 Å². The molecule has 0 amide bonds. The number of aliphatic carboxylic acids is 1. The highest BCUT2D eigenvalue weighted by molar-refractivity contribution is 5.87. The van der Waals surface area contributed by atoms with Gasteiger partial charge in [0.1, 0.15) is 6.10 Å². The van der Waals surface area contributed by atoms with Crippen LogP contribution < -0.4 is 0 Å². The highest BCUT2D eigenvalue weighted by Gasteiger charge is 2.70. The molecule has 1 N–H and O–H groups in total. The highest BCUT2D eigenvalue weighted by atomic mass is 16.5. The molecule has 6 rings (SSSR count). The molecule has 0 aromatic heterocycles. The number of ether oxygens (including phenoxy) is 1. The van der Waals surface area contributed by atoms with Crippen LogP contribution in [0.5, 0.6) is 0 Å². The molecular weight excluding hydrogens is 532 g/mol. The van der Waals surface area contributed by atoms with Gasteiger partial charge in [0.15, 0.2) is 0 Å². The second kappa shape index (κ2) is 10.1. The maximum Gasteiger partial charge on any atom is 0.331 e. The van der Waals surface area contributed by atoms with Gasteiger partial charge in [0.2, 0.25) is 0 Å². The standard InChI is InChI=1S/C39H54O4/c1-34(2)21-23-39(33(41)42)24-22-37(6)27(28(39)25-34)14-15-30-36(5)19-18-31(35(3,4)29(36)17-20-38(30,37)7)43-32(40)16-13-26-11-9-8-10-12-26/h8-13,16,25,27,29-31H,14-15,17-24H2,1-7H3,(H,41,42)/b16-13+/t27-,29+,30-,31+,36+,37-,38-,39+/m1/s1. The van der Waals surface area contributed by atoms with Crippen LogP contribution >= 0.6 is 0 Å². The van der Waals surface area contributed by atoms with E-state index < -0.39 is 11.4 Å². The fourth-order valence-corrected chi connectivity index (χ4v) is 11.8. The second-order valence-corrected chi connectivity index (χ2v) is 17.1. The molecule has 5 aliphatic carbocycles. The quantitative estimate of drug-likeness (QED) is 0.217. The number of allylic oxidation sites excluding steroid dienone is 1. The Kier molecular flexibility index (Phi) is 7.18. The van der Waals surface area contributed by atoms with E-state index in [2.05, 4.69) is 54.5 Å². The lowest BCUT2D eigenvalue weighted by Crippen LogP contribution is -2.66. The number of hydrogen-bond acceptors (Lipinski definition) is 3. The van der Waals surface area contributed by atoms with E-state index in [1.165, 1.54) is 12.0 Å². The number of carbonyl (C=O) groups is 2. The van der Waals surface area contributed by atoms with Crippen molar-refractivity contribution >= 4 is 18.0 Å². The molecule has 4 saturated carbocycles. The summed E-state index contributed by atoms with van der Waals surface area (Å²) in [6.45, 7) is 17.0. The molecule has 0 radical (unpaired) electrons. The SMILES string of the molecule is CC1(C)C=C2[C@H]3CC[C@@H]4[C@@]5(C)CC[C@H](OC(=O)/C=C/c6ccccc6)C(C)(C)[C@@H]5CC[C@@]4(C)[C@]3(C)CC[C@@]2(C(=O)O)CC1. The molecule has 4 fully saturated rings. The summed E-state index contributed by atoms with van der Waals surface area (Å²) in [4.78, 5) is 25.9. The van der Waals surface area contributed by atoms with Crippen molar-refractivity contribution in [3.8, 4) is 0 Å². The molecule has 5 aliphatic rings. The summed E-state index contributed by atoms with van der Waals surface area (Å²) in [5.74, 6) is 0.584. The van der Waals surface area contributed by atoms with Crippen LogP contribution in [0.15, 0.2) is 48.1 Å². The minimum Gasteiger partial charge on any atom is -0.481 e. The number of esters is 1. The molecule has 0 bridgehead atoms. The monoisotopic (exact) mass is 586 g/mol. The van der Waals surface area contributed by atoms with Gasteiger partial charge in [-0.2, -0.15) is 0 Å². The Morgan fingerprint density at radius 2 is 1.49 bits per heavy atom. The summed E-state index contributed by atoms with van der Waals surface area (Å²) in [7, 11) is 0. The summed E-state index contributed by atoms with van der Waals surface area (Å²) >= 11 is 0. The van der Waals surface area contributed by atoms with E-state index in [-0.39, 0.29) is 39.1 Å². The van der Waals surface area contributed by atoms with E-state index in [4.69, 9.17) is 4.74 Å². The Morgan fingerprint density at radius 1 is 0.791 bits per heavy atom. The minimum atomic E-state index is -0.664. The van der Waals surface area contributed by atoms with Gasteiger partial charge in [0.25, 0.3) is 0 Å². The molecule has 0 spiro atoms. The van der Waals surface area contributed by atoms with Crippen LogP contribution in [0.2, 0.25) is 0 Å². The van der Waals surface area contributed by atoms with E-state index >= 15 is 0 Å². The summed E-state index contributed by atoms with van der Waals surface area (Å²) in [5.41, 5.74) is 1.99. The molecule has 0 saturated heterocycles. The number of carboxylic acid groups (broad SMARTS) is 1. The molecule has 234 valence electrons. The largest absolute Gasteiger partial charge is 0.481 e. The molecule has 0 unspecified atom stereocenters. The summed E-state index contributed by atoms with van der Waals surface area (Å²) in [6.07, 6.45) is 15.8. The first kappa shape index (κ1) is 30.7. The van der Waals surface area contributed by atoms with Gasteiger partial charge in [0, 0.05) is 11.5 Å². The van der Waals surface area contributed by atoms with Crippen molar-refractivity contribution in [3.05, 3.63) is 53.6 Å². The van der Waals surface area contributed by atoms with Gasteiger partial charge in [0.05, 0.1) is 5.41 Å². The van der Waals surface area contributed by atoms with E-state index in [0.29, 0.717) is 17.8 Å². The Morgan fingerprint density at radius 3 is 2.19 bits per heavy atom. The lowest BCUT2D eigenvalue weighted by Gasteiger charge is -2.72. The van der Waals surface area contributed by atoms with Crippen molar-refractivity contribution in [2.45, 2.75) is 119 Å². The first-order valence-corrected chi connectivity index (χ1v) is 17.0. The Labute approximate surface area is 259 Å². The van der Waals surface area contributed by atoms with Crippen LogP contribution in [0, 0.1) is 50.2 Å². The maximum atomic E-state index is 13.0. The first-order chi connectivity index (χ1) is 20.1. The predicted molar refractivity (Wildman–Crippen MR) is 172 cm³/mol. The number of hydrogen-bond donors (Lipinski definition) is 1. The zero-order chi connectivity index (χ0) is 31.1. The zero-order valence-electron chi connectivity index (χ0n) is 27.7. The van der Waals surface area contributed by atoms with Crippen LogP contribution in [0.3, 0.4) is 0 Å². The fourth-order valence-electron chi connectivity index (χ4n) is 11.8. The van der Waals surface area contributed by atoms with Crippen molar-refractivity contribution in [3.63, 3.8) is 0 Å². The maximum absolute atomic E-state index is 13.0. The Bertz CT molecular complexity index is 1340. The third kappa shape index (κ3) is 4.51. The van der Waals surface area contributed by atoms with Gasteiger partial charge in [-0.15, -0.1) is 0 Å². The first-order valence-electron chi connectivity index (χ1n) is 17.0. The van der Waals surface area contributed by atoms with Gasteiger partial charge in [-0.05, 0) is 115 Å². The number of carboxylic acids is 1. The number of benzene rings is 1. The van der Waals surface area contributed by atoms with Gasteiger partial charge >= 0.3 is 11.9 Å².